The third kappa shape index (κ3) is 4.29. The summed E-state index contributed by atoms with van der Waals surface area (Å²) < 4.78 is 10.8. The second-order valence-corrected chi connectivity index (χ2v) is 6.89. The largest absolute Gasteiger partial charge is 0.472 e. The highest BCUT2D eigenvalue weighted by Crippen LogP contribution is 2.22. The number of ether oxygens (including phenoxy) is 1. The average molecular weight is 361 g/mol. The smallest absolute Gasteiger partial charge is 0.252 e. The molecule has 2 heterocycles. The van der Waals surface area contributed by atoms with Gasteiger partial charge in [-0.25, -0.2) is 0 Å². The van der Waals surface area contributed by atoms with Gasteiger partial charge >= 0.3 is 0 Å². The van der Waals surface area contributed by atoms with Gasteiger partial charge in [-0.2, -0.15) is 0 Å². The van der Waals surface area contributed by atoms with Crippen LogP contribution in [0.25, 0.3) is 11.1 Å². The SMILES string of the molecule is O=C([C@@H]1CCCO1)N(Cc1ccc(-c2ccccc2)cc1)Cc1ccoc1. The third-order valence-electron chi connectivity index (χ3n) is 4.90. The Bertz CT molecular complexity index is 850. The van der Waals surface area contributed by atoms with E-state index in [0.717, 1.165) is 24.0 Å². The molecule has 1 fully saturated rings. The zero-order valence-corrected chi connectivity index (χ0v) is 15.2. The van der Waals surface area contributed by atoms with Crippen molar-refractivity contribution < 1.29 is 13.9 Å². The molecule has 1 aromatic heterocycles. The molecule has 4 heteroatoms. The fourth-order valence-corrected chi connectivity index (χ4v) is 3.44. The summed E-state index contributed by atoms with van der Waals surface area (Å²) in [6.45, 7) is 1.75. The van der Waals surface area contributed by atoms with E-state index in [0.29, 0.717) is 19.7 Å². The minimum absolute atomic E-state index is 0.0563. The Labute approximate surface area is 159 Å². The molecule has 1 aliphatic heterocycles. The van der Waals surface area contributed by atoms with E-state index in [1.165, 1.54) is 11.1 Å². The van der Waals surface area contributed by atoms with Crippen molar-refractivity contribution in [2.45, 2.75) is 32.0 Å². The molecule has 0 unspecified atom stereocenters. The van der Waals surface area contributed by atoms with Crippen LogP contribution in [0.2, 0.25) is 0 Å². The van der Waals surface area contributed by atoms with E-state index in [1.54, 1.807) is 12.5 Å². The molecule has 138 valence electrons. The van der Waals surface area contributed by atoms with Crippen LogP contribution in [-0.4, -0.2) is 23.5 Å². The average Bonchev–Trinajstić information content (AvgIpc) is 3.42. The van der Waals surface area contributed by atoms with Gasteiger partial charge in [-0.3, -0.25) is 4.79 Å². The molecule has 2 aromatic carbocycles. The van der Waals surface area contributed by atoms with Gasteiger partial charge in [-0.15, -0.1) is 0 Å². The summed E-state index contributed by atoms with van der Waals surface area (Å²) in [5.41, 5.74) is 4.45. The Kier molecular flexibility index (Phi) is 5.35. The molecule has 4 nitrogen and oxygen atoms in total. The highest BCUT2D eigenvalue weighted by Gasteiger charge is 2.28. The van der Waals surface area contributed by atoms with Crippen molar-refractivity contribution in [3.8, 4) is 11.1 Å². The van der Waals surface area contributed by atoms with Crippen LogP contribution in [0, 0.1) is 0 Å². The van der Waals surface area contributed by atoms with Gasteiger partial charge in [-0.1, -0.05) is 54.6 Å². The number of carbonyl (C=O) groups excluding carboxylic acids is 1. The first-order valence-electron chi connectivity index (χ1n) is 9.35. The molecule has 1 aliphatic rings. The van der Waals surface area contributed by atoms with E-state index in [2.05, 4.69) is 36.4 Å². The Morgan fingerprint density at radius 2 is 1.67 bits per heavy atom. The molecule has 0 radical (unpaired) electrons. The van der Waals surface area contributed by atoms with Crippen molar-refractivity contribution in [2.24, 2.45) is 0 Å². The number of nitrogens with zero attached hydrogens (tertiary/aromatic N) is 1. The van der Waals surface area contributed by atoms with E-state index >= 15 is 0 Å². The lowest BCUT2D eigenvalue weighted by Gasteiger charge is -2.25. The van der Waals surface area contributed by atoms with Crippen molar-refractivity contribution in [1.82, 2.24) is 4.90 Å². The highest BCUT2D eigenvalue weighted by atomic mass is 16.5. The van der Waals surface area contributed by atoms with Gasteiger partial charge in [0, 0.05) is 25.3 Å². The van der Waals surface area contributed by atoms with Crippen LogP contribution in [0.4, 0.5) is 0 Å². The Morgan fingerprint density at radius 3 is 2.33 bits per heavy atom. The summed E-state index contributed by atoms with van der Waals surface area (Å²) >= 11 is 0. The maximum absolute atomic E-state index is 12.9. The molecule has 3 aromatic rings. The van der Waals surface area contributed by atoms with Gasteiger partial charge in [-0.05, 0) is 35.6 Å². The van der Waals surface area contributed by atoms with Crippen molar-refractivity contribution in [2.75, 3.05) is 6.61 Å². The van der Waals surface area contributed by atoms with E-state index in [1.807, 2.05) is 29.2 Å². The summed E-state index contributed by atoms with van der Waals surface area (Å²) in [6, 6.07) is 20.6. The second-order valence-electron chi connectivity index (χ2n) is 6.89. The lowest BCUT2D eigenvalue weighted by Crippen LogP contribution is -2.38. The first kappa shape index (κ1) is 17.6. The molecule has 0 saturated carbocycles. The topological polar surface area (TPSA) is 42.7 Å². The fourth-order valence-electron chi connectivity index (χ4n) is 3.44. The van der Waals surface area contributed by atoms with E-state index < -0.39 is 0 Å². The minimum Gasteiger partial charge on any atom is -0.472 e. The van der Waals surface area contributed by atoms with Crippen LogP contribution in [0.3, 0.4) is 0 Å². The number of amides is 1. The number of furan rings is 1. The van der Waals surface area contributed by atoms with E-state index in [9.17, 15) is 4.79 Å². The molecule has 0 N–H and O–H groups in total. The number of benzene rings is 2. The van der Waals surface area contributed by atoms with Gasteiger partial charge in [0.2, 0.25) is 0 Å². The Morgan fingerprint density at radius 1 is 0.926 bits per heavy atom. The maximum Gasteiger partial charge on any atom is 0.252 e. The van der Waals surface area contributed by atoms with Gasteiger partial charge in [0.15, 0.2) is 0 Å². The number of carbonyl (C=O) groups is 1. The molecular weight excluding hydrogens is 338 g/mol. The van der Waals surface area contributed by atoms with Gasteiger partial charge in [0.05, 0.1) is 12.5 Å². The highest BCUT2D eigenvalue weighted by molar-refractivity contribution is 5.81. The molecule has 0 aliphatic carbocycles. The monoisotopic (exact) mass is 361 g/mol. The number of hydrogen-bond acceptors (Lipinski definition) is 3. The van der Waals surface area contributed by atoms with Crippen LogP contribution in [0.1, 0.15) is 24.0 Å². The van der Waals surface area contributed by atoms with Crippen molar-refractivity contribution in [3.05, 3.63) is 84.3 Å². The van der Waals surface area contributed by atoms with Gasteiger partial charge in [0.1, 0.15) is 6.10 Å². The number of rotatable bonds is 6. The summed E-state index contributed by atoms with van der Waals surface area (Å²) in [4.78, 5) is 14.8. The summed E-state index contributed by atoms with van der Waals surface area (Å²) in [6.07, 6.45) is 4.75. The molecule has 0 spiro atoms. The Hall–Kier alpha value is -2.85. The van der Waals surface area contributed by atoms with Crippen molar-refractivity contribution >= 4 is 5.91 Å². The first-order chi connectivity index (χ1) is 13.3. The van der Waals surface area contributed by atoms with Crippen LogP contribution in [0.15, 0.2) is 77.6 Å². The quantitative estimate of drug-likeness (QED) is 0.642. The molecule has 1 atom stereocenters. The normalized spacial score (nSPS) is 16.4. The molecule has 4 rings (SSSR count). The zero-order valence-electron chi connectivity index (χ0n) is 15.2. The maximum atomic E-state index is 12.9. The van der Waals surface area contributed by atoms with E-state index in [-0.39, 0.29) is 12.0 Å². The van der Waals surface area contributed by atoms with Crippen LogP contribution in [0.5, 0.6) is 0 Å². The minimum atomic E-state index is -0.319. The fraction of sp³-hybridized carbons (Fsp3) is 0.261. The molecule has 27 heavy (non-hydrogen) atoms. The lowest BCUT2D eigenvalue weighted by molar-refractivity contribution is -0.142. The standard InChI is InChI=1S/C23H23NO3/c25-23(22-7-4-13-27-22)24(16-19-12-14-26-17-19)15-18-8-10-21(11-9-18)20-5-2-1-3-6-20/h1-3,5-6,8-12,14,17,22H,4,7,13,15-16H2/t22-/m0/s1. The second kappa shape index (κ2) is 8.23. The lowest BCUT2D eigenvalue weighted by atomic mass is 10.0. The first-order valence-corrected chi connectivity index (χ1v) is 9.35. The predicted molar refractivity (Wildman–Crippen MR) is 104 cm³/mol. The molecular formula is C23H23NO3. The van der Waals surface area contributed by atoms with Crippen molar-refractivity contribution in [1.29, 1.82) is 0 Å². The van der Waals surface area contributed by atoms with Crippen LogP contribution in [-0.2, 0) is 22.6 Å². The third-order valence-corrected chi connectivity index (χ3v) is 4.90. The van der Waals surface area contributed by atoms with E-state index in [4.69, 9.17) is 9.15 Å². The Balaban J connectivity index is 1.51. The summed E-state index contributed by atoms with van der Waals surface area (Å²) in [5, 5.41) is 0. The van der Waals surface area contributed by atoms with Crippen LogP contribution >= 0.6 is 0 Å². The predicted octanol–water partition coefficient (Wildman–Crippen LogP) is 4.65. The molecule has 1 saturated heterocycles. The number of hydrogen-bond donors (Lipinski definition) is 0. The van der Waals surface area contributed by atoms with Crippen LogP contribution < -0.4 is 0 Å². The van der Waals surface area contributed by atoms with Gasteiger partial charge in [0.25, 0.3) is 5.91 Å². The zero-order chi connectivity index (χ0) is 18.5. The summed E-state index contributed by atoms with van der Waals surface area (Å²) in [7, 11) is 0. The summed E-state index contributed by atoms with van der Waals surface area (Å²) in [5.74, 6) is 0.0563. The molecule has 1 amide bonds. The molecule has 0 bridgehead atoms. The van der Waals surface area contributed by atoms with Crippen molar-refractivity contribution in [3.63, 3.8) is 0 Å². The van der Waals surface area contributed by atoms with Gasteiger partial charge < -0.3 is 14.1 Å².